The van der Waals surface area contributed by atoms with Crippen molar-refractivity contribution in [2.75, 3.05) is 12.3 Å². The number of nitrogen functional groups attached to an aromatic ring is 1. The summed E-state index contributed by atoms with van der Waals surface area (Å²) in [5.74, 6) is 0.932. The molecule has 0 fully saturated rings. The van der Waals surface area contributed by atoms with Crippen molar-refractivity contribution in [2.45, 2.75) is 32.7 Å². The van der Waals surface area contributed by atoms with Crippen LogP contribution in [0, 0.1) is 0 Å². The number of fused-ring (bicyclic) bond motifs is 1. The Morgan fingerprint density at radius 2 is 2.40 bits per heavy atom. The largest absolute Gasteiger partial charge is 0.461 e. The van der Waals surface area contributed by atoms with Gasteiger partial charge in [0.05, 0.1) is 6.61 Å². The van der Waals surface area contributed by atoms with E-state index in [1.807, 2.05) is 4.57 Å². The molecule has 1 aliphatic heterocycles. The molecule has 0 bridgehead atoms. The number of aryl methyl sites for hydroxylation is 1. The van der Waals surface area contributed by atoms with Gasteiger partial charge in [0.1, 0.15) is 11.6 Å². The molecule has 2 N–H and O–H groups in total. The standard InChI is InChI=1S/C10H15N3O2/c1-2-15-10(14)8-9(11)13-6-4-3-5-7(13)12-8/h2-6,11H2,1H3. The minimum absolute atomic E-state index is 0.272. The molecule has 1 aromatic rings. The summed E-state index contributed by atoms with van der Waals surface area (Å²) in [4.78, 5) is 15.7. The Balaban J connectivity index is 2.32. The summed E-state index contributed by atoms with van der Waals surface area (Å²) >= 11 is 0. The monoisotopic (exact) mass is 209 g/mol. The Bertz CT molecular complexity index is 384. The molecule has 0 atom stereocenters. The van der Waals surface area contributed by atoms with Crippen molar-refractivity contribution >= 4 is 11.8 Å². The number of nitrogens with two attached hydrogens (primary N) is 1. The fourth-order valence-electron chi connectivity index (χ4n) is 1.86. The van der Waals surface area contributed by atoms with Crippen LogP contribution in [0.1, 0.15) is 36.1 Å². The molecule has 0 saturated heterocycles. The molecule has 15 heavy (non-hydrogen) atoms. The highest BCUT2D eigenvalue weighted by Crippen LogP contribution is 2.21. The van der Waals surface area contributed by atoms with E-state index in [2.05, 4.69) is 4.98 Å². The molecular weight excluding hydrogens is 194 g/mol. The normalized spacial score (nSPS) is 14.7. The molecule has 5 heteroatoms. The molecular formula is C10H15N3O2. The molecule has 0 spiro atoms. The fraction of sp³-hybridized carbons (Fsp3) is 0.600. The highest BCUT2D eigenvalue weighted by Gasteiger charge is 2.22. The second-order valence-corrected chi connectivity index (χ2v) is 3.59. The van der Waals surface area contributed by atoms with Gasteiger partial charge >= 0.3 is 5.97 Å². The van der Waals surface area contributed by atoms with Crippen LogP contribution in [0.3, 0.4) is 0 Å². The van der Waals surface area contributed by atoms with Gasteiger partial charge in [-0.3, -0.25) is 0 Å². The predicted octanol–water partition coefficient (Wildman–Crippen LogP) is 0.978. The number of hydrogen-bond donors (Lipinski definition) is 1. The van der Waals surface area contributed by atoms with Gasteiger partial charge < -0.3 is 15.0 Å². The molecule has 0 saturated carbocycles. The van der Waals surface area contributed by atoms with E-state index in [9.17, 15) is 4.79 Å². The van der Waals surface area contributed by atoms with Gasteiger partial charge in [-0.25, -0.2) is 9.78 Å². The second kappa shape index (κ2) is 3.92. The van der Waals surface area contributed by atoms with E-state index >= 15 is 0 Å². The molecule has 0 radical (unpaired) electrons. The van der Waals surface area contributed by atoms with Crippen LogP contribution in [0.4, 0.5) is 5.82 Å². The predicted molar refractivity (Wildman–Crippen MR) is 55.5 cm³/mol. The summed E-state index contributed by atoms with van der Waals surface area (Å²) in [6.07, 6.45) is 3.10. The highest BCUT2D eigenvalue weighted by atomic mass is 16.5. The zero-order valence-electron chi connectivity index (χ0n) is 8.82. The lowest BCUT2D eigenvalue weighted by Crippen LogP contribution is -2.13. The molecule has 0 unspecified atom stereocenters. The quantitative estimate of drug-likeness (QED) is 0.737. The topological polar surface area (TPSA) is 70.1 Å². The van der Waals surface area contributed by atoms with Gasteiger partial charge in [0.2, 0.25) is 0 Å². The summed E-state index contributed by atoms with van der Waals surface area (Å²) in [5.41, 5.74) is 6.13. The lowest BCUT2D eigenvalue weighted by atomic mass is 10.2. The van der Waals surface area contributed by atoms with Crippen LogP contribution in [0.15, 0.2) is 0 Å². The summed E-state index contributed by atoms with van der Waals surface area (Å²) < 4.78 is 6.80. The zero-order chi connectivity index (χ0) is 10.8. The van der Waals surface area contributed by atoms with E-state index in [4.69, 9.17) is 10.5 Å². The van der Waals surface area contributed by atoms with E-state index in [-0.39, 0.29) is 5.69 Å². The van der Waals surface area contributed by atoms with E-state index in [0.29, 0.717) is 12.4 Å². The lowest BCUT2D eigenvalue weighted by molar-refractivity contribution is 0.0521. The van der Waals surface area contributed by atoms with Gasteiger partial charge in [0.25, 0.3) is 0 Å². The van der Waals surface area contributed by atoms with Crippen molar-refractivity contribution in [3.8, 4) is 0 Å². The SMILES string of the molecule is CCOC(=O)c1nc2n(c1N)CCCC2. The minimum atomic E-state index is -0.420. The van der Waals surface area contributed by atoms with E-state index < -0.39 is 5.97 Å². The summed E-state index contributed by atoms with van der Waals surface area (Å²) in [7, 11) is 0. The van der Waals surface area contributed by atoms with Crippen LogP contribution < -0.4 is 5.73 Å². The van der Waals surface area contributed by atoms with Gasteiger partial charge in [-0.15, -0.1) is 0 Å². The van der Waals surface area contributed by atoms with Crippen molar-refractivity contribution in [1.29, 1.82) is 0 Å². The number of ether oxygens (including phenoxy) is 1. The number of rotatable bonds is 2. The smallest absolute Gasteiger partial charge is 0.360 e. The number of hydrogen-bond acceptors (Lipinski definition) is 4. The lowest BCUT2D eigenvalue weighted by Gasteiger charge is -2.13. The molecule has 1 aromatic heterocycles. The fourth-order valence-corrected chi connectivity index (χ4v) is 1.86. The van der Waals surface area contributed by atoms with Crippen molar-refractivity contribution in [3.05, 3.63) is 11.5 Å². The molecule has 82 valence electrons. The Morgan fingerprint density at radius 1 is 1.60 bits per heavy atom. The van der Waals surface area contributed by atoms with E-state index in [1.54, 1.807) is 6.92 Å². The third-order valence-electron chi connectivity index (χ3n) is 2.59. The number of carbonyl (C=O) groups excluding carboxylic acids is 1. The van der Waals surface area contributed by atoms with Gasteiger partial charge in [-0.2, -0.15) is 0 Å². The maximum atomic E-state index is 11.5. The van der Waals surface area contributed by atoms with Crippen LogP contribution >= 0.6 is 0 Å². The number of esters is 1. The zero-order valence-corrected chi connectivity index (χ0v) is 8.82. The summed E-state index contributed by atoms with van der Waals surface area (Å²) in [5, 5.41) is 0. The van der Waals surface area contributed by atoms with Crippen LogP contribution in [0.25, 0.3) is 0 Å². The number of carbonyl (C=O) groups is 1. The Labute approximate surface area is 88.2 Å². The highest BCUT2D eigenvalue weighted by molar-refractivity contribution is 5.92. The molecule has 0 aromatic carbocycles. The molecule has 0 aliphatic carbocycles. The van der Waals surface area contributed by atoms with Crippen molar-refractivity contribution in [2.24, 2.45) is 0 Å². The maximum Gasteiger partial charge on any atom is 0.360 e. The van der Waals surface area contributed by atoms with Crippen LogP contribution in [0.5, 0.6) is 0 Å². The first kappa shape index (κ1) is 10.0. The first-order chi connectivity index (χ1) is 7.24. The number of aromatic nitrogens is 2. The second-order valence-electron chi connectivity index (χ2n) is 3.59. The Kier molecular flexibility index (Phi) is 2.62. The van der Waals surface area contributed by atoms with Gasteiger partial charge in [-0.05, 0) is 19.8 Å². The minimum Gasteiger partial charge on any atom is -0.461 e. The molecule has 2 rings (SSSR count). The van der Waals surface area contributed by atoms with Gasteiger partial charge in [-0.1, -0.05) is 0 Å². The third kappa shape index (κ3) is 1.69. The van der Waals surface area contributed by atoms with Crippen LogP contribution in [-0.4, -0.2) is 22.1 Å². The Morgan fingerprint density at radius 3 is 3.07 bits per heavy atom. The van der Waals surface area contributed by atoms with Crippen LogP contribution in [0.2, 0.25) is 0 Å². The number of anilines is 1. The third-order valence-corrected chi connectivity index (χ3v) is 2.59. The summed E-state index contributed by atoms with van der Waals surface area (Å²) in [6.45, 7) is 2.97. The van der Waals surface area contributed by atoms with Crippen molar-refractivity contribution in [3.63, 3.8) is 0 Å². The maximum absolute atomic E-state index is 11.5. The van der Waals surface area contributed by atoms with Crippen LogP contribution in [-0.2, 0) is 17.7 Å². The molecule has 5 nitrogen and oxygen atoms in total. The molecule has 0 amide bonds. The van der Waals surface area contributed by atoms with Gasteiger partial charge in [0, 0.05) is 13.0 Å². The van der Waals surface area contributed by atoms with E-state index in [0.717, 1.165) is 31.6 Å². The van der Waals surface area contributed by atoms with Crippen molar-refractivity contribution < 1.29 is 9.53 Å². The summed E-state index contributed by atoms with van der Waals surface area (Å²) in [6, 6.07) is 0. The number of imidazole rings is 1. The first-order valence-electron chi connectivity index (χ1n) is 5.26. The molecule has 2 heterocycles. The first-order valence-corrected chi connectivity index (χ1v) is 5.26. The Hall–Kier alpha value is -1.52. The average molecular weight is 209 g/mol. The van der Waals surface area contributed by atoms with E-state index in [1.165, 1.54) is 0 Å². The molecule has 1 aliphatic rings. The van der Waals surface area contributed by atoms with Gasteiger partial charge in [0.15, 0.2) is 5.69 Å². The van der Waals surface area contributed by atoms with Crippen molar-refractivity contribution in [1.82, 2.24) is 9.55 Å². The average Bonchev–Trinajstić information content (AvgIpc) is 2.57. The number of nitrogens with zero attached hydrogens (tertiary/aromatic N) is 2.